The van der Waals surface area contributed by atoms with Gasteiger partial charge in [0.15, 0.2) is 0 Å². The van der Waals surface area contributed by atoms with Crippen molar-refractivity contribution in [1.82, 2.24) is 5.32 Å². The molecule has 0 aliphatic heterocycles. The lowest BCUT2D eigenvalue weighted by Crippen LogP contribution is -2.41. The average Bonchev–Trinajstić information content (AvgIpc) is 2.14. The number of hydrogen-bond acceptors (Lipinski definition) is 2. The fraction of sp³-hybridized carbons (Fsp3) is 0.909. The maximum Gasteiger partial charge on any atom is 0.236 e. The first-order valence-electron chi connectivity index (χ1n) is 5.63. The van der Waals surface area contributed by atoms with Gasteiger partial charge in [-0.25, -0.2) is 0 Å². The van der Waals surface area contributed by atoms with Crippen molar-refractivity contribution in [1.29, 1.82) is 0 Å². The Bertz CT molecular complexity index is 192. The Labute approximate surface area is 86.4 Å². The number of rotatable bonds is 3. The summed E-state index contributed by atoms with van der Waals surface area (Å²) in [6.07, 6.45) is 5.15. The van der Waals surface area contributed by atoms with E-state index in [0.717, 1.165) is 12.5 Å². The van der Waals surface area contributed by atoms with Gasteiger partial charge in [-0.15, -0.1) is 0 Å². The molecule has 3 N–H and O–H groups in total. The summed E-state index contributed by atoms with van der Waals surface area (Å²) in [5.41, 5.74) is 5.47. The molecule has 82 valence electrons. The quantitative estimate of drug-likeness (QED) is 0.717. The summed E-state index contributed by atoms with van der Waals surface area (Å²) >= 11 is 0. The normalized spacial score (nSPS) is 29.6. The second kappa shape index (κ2) is 5.35. The van der Waals surface area contributed by atoms with Crippen LogP contribution in [0.1, 0.15) is 39.5 Å². The molecule has 0 spiro atoms. The topological polar surface area (TPSA) is 55.1 Å². The predicted octanol–water partition coefficient (Wildman–Crippen LogP) is 1.28. The highest BCUT2D eigenvalue weighted by molar-refractivity contribution is 5.80. The zero-order valence-corrected chi connectivity index (χ0v) is 9.25. The largest absolute Gasteiger partial charge is 0.354 e. The third-order valence-electron chi connectivity index (χ3n) is 3.02. The molecule has 14 heavy (non-hydrogen) atoms. The van der Waals surface area contributed by atoms with Crippen molar-refractivity contribution in [3.63, 3.8) is 0 Å². The van der Waals surface area contributed by atoms with E-state index in [1.54, 1.807) is 6.92 Å². The second-order valence-corrected chi connectivity index (χ2v) is 4.67. The van der Waals surface area contributed by atoms with Crippen molar-refractivity contribution in [3.8, 4) is 0 Å². The number of carbonyl (C=O) groups excluding carboxylic acids is 1. The molecule has 3 nitrogen and oxygen atoms in total. The standard InChI is InChI=1S/C11H22N2O/c1-8-4-3-5-10(6-8)7-13-11(14)9(2)12/h8-10H,3-7,12H2,1-2H3,(H,13,14). The van der Waals surface area contributed by atoms with Gasteiger partial charge >= 0.3 is 0 Å². The van der Waals surface area contributed by atoms with Crippen molar-refractivity contribution in [2.75, 3.05) is 6.54 Å². The van der Waals surface area contributed by atoms with E-state index in [9.17, 15) is 4.79 Å². The molecule has 0 heterocycles. The van der Waals surface area contributed by atoms with Gasteiger partial charge in [-0.1, -0.05) is 19.8 Å². The molecule has 0 bridgehead atoms. The molecule has 0 saturated heterocycles. The van der Waals surface area contributed by atoms with Crippen molar-refractivity contribution >= 4 is 5.91 Å². The maximum absolute atomic E-state index is 11.2. The van der Waals surface area contributed by atoms with Crippen molar-refractivity contribution in [2.45, 2.75) is 45.6 Å². The van der Waals surface area contributed by atoms with Crippen molar-refractivity contribution in [3.05, 3.63) is 0 Å². The fourth-order valence-corrected chi connectivity index (χ4v) is 2.15. The first-order chi connectivity index (χ1) is 6.59. The Kier molecular flexibility index (Phi) is 4.39. The Morgan fingerprint density at radius 1 is 1.57 bits per heavy atom. The number of carbonyl (C=O) groups is 1. The Balaban J connectivity index is 2.20. The molecule has 0 aromatic rings. The van der Waals surface area contributed by atoms with Crippen LogP contribution in [0.25, 0.3) is 0 Å². The highest BCUT2D eigenvalue weighted by Crippen LogP contribution is 2.27. The molecule has 3 heteroatoms. The van der Waals surface area contributed by atoms with Crippen LogP contribution >= 0.6 is 0 Å². The summed E-state index contributed by atoms with van der Waals surface area (Å²) in [4.78, 5) is 11.2. The van der Waals surface area contributed by atoms with Gasteiger partial charge in [0.2, 0.25) is 5.91 Å². The molecule has 1 aliphatic carbocycles. The first kappa shape index (κ1) is 11.5. The Hall–Kier alpha value is -0.570. The smallest absolute Gasteiger partial charge is 0.236 e. The van der Waals surface area contributed by atoms with Gasteiger partial charge in [0.25, 0.3) is 0 Å². The molecule has 1 amide bonds. The van der Waals surface area contributed by atoms with E-state index >= 15 is 0 Å². The summed E-state index contributed by atoms with van der Waals surface area (Å²) < 4.78 is 0. The van der Waals surface area contributed by atoms with Gasteiger partial charge in [-0.3, -0.25) is 4.79 Å². The molecule has 0 aromatic carbocycles. The van der Waals surface area contributed by atoms with E-state index in [1.807, 2.05) is 0 Å². The molecule has 0 aromatic heterocycles. The van der Waals surface area contributed by atoms with Gasteiger partial charge < -0.3 is 11.1 Å². The highest BCUT2D eigenvalue weighted by atomic mass is 16.2. The lowest BCUT2D eigenvalue weighted by Gasteiger charge is -2.26. The minimum Gasteiger partial charge on any atom is -0.354 e. The molecule has 3 unspecified atom stereocenters. The lowest BCUT2D eigenvalue weighted by atomic mass is 9.82. The number of amides is 1. The number of nitrogens with two attached hydrogens (primary N) is 1. The zero-order chi connectivity index (χ0) is 10.6. The van der Waals surface area contributed by atoms with Crippen molar-refractivity contribution in [2.24, 2.45) is 17.6 Å². The molecule has 3 atom stereocenters. The Morgan fingerprint density at radius 3 is 2.86 bits per heavy atom. The van der Waals surface area contributed by atoms with Crippen LogP contribution in [-0.4, -0.2) is 18.5 Å². The van der Waals surface area contributed by atoms with Crippen LogP contribution in [0.15, 0.2) is 0 Å². The van der Waals surface area contributed by atoms with Crippen LogP contribution in [-0.2, 0) is 4.79 Å². The van der Waals surface area contributed by atoms with E-state index in [1.165, 1.54) is 25.7 Å². The number of nitrogens with one attached hydrogen (secondary N) is 1. The maximum atomic E-state index is 11.2. The number of hydrogen-bond donors (Lipinski definition) is 2. The summed E-state index contributed by atoms with van der Waals surface area (Å²) in [6.45, 7) is 4.82. The van der Waals surface area contributed by atoms with Gasteiger partial charge in [0, 0.05) is 6.54 Å². The van der Waals surface area contributed by atoms with E-state index in [0.29, 0.717) is 5.92 Å². The third kappa shape index (κ3) is 3.66. The molecule has 1 fully saturated rings. The van der Waals surface area contributed by atoms with Gasteiger partial charge in [-0.05, 0) is 31.6 Å². The van der Waals surface area contributed by atoms with Crippen LogP contribution in [0.3, 0.4) is 0 Å². The van der Waals surface area contributed by atoms with E-state index in [4.69, 9.17) is 5.73 Å². The molecule has 0 radical (unpaired) electrons. The minimum atomic E-state index is -0.379. The monoisotopic (exact) mass is 198 g/mol. The fourth-order valence-electron chi connectivity index (χ4n) is 2.15. The van der Waals surface area contributed by atoms with E-state index < -0.39 is 0 Å². The summed E-state index contributed by atoms with van der Waals surface area (Å²) in [6, 6.07) is -0.379. The highest BCUT2D eigenvalue weighted by Gasteiger charge is 2.19. The average molecular weight is 198 g/mol. The van der Waals surface area contributed by atoms with Crippen LogP contribution in [0.5, 0.6) is 0 Å². The molecule has 1 rings (SSSR count). The third-order valence-corrected chi connectivity index (χ3v) is 3.02. The zero-order valence-electron chi connectivity index (χ0n) is 9.25. The molecular formula is C11H22N2O. The molecule has 1 saturated carbocycles. The summed E-state index contributed by atoms with van der Waals surface area (Å²) in [5, 5.41) is 2.91. The van der Waals surface area contributed by atoms with Gasteiger partial charge in [0.05, 0.1) is 6.04 Å². The summed E-state index contributed by atoms with van der Waals surface area (Å²) in [5.74, 6) is 1.46. The predicted molar refractivity (Wildman–Crippen MR) is 57.8 cm³/mol. The summed E-state index contributed by atoms with van der Waals surface area (Å²) in [7, 11) is 0. The SMILES string of the molecule is CC1CCCC(CNC(=O)C(C)N)C1. The Morgan fingerprint density at radius 2 is 2.29 bits per heavy atom. The van der Waals surface area contributed by atoms with E-state index in [-0.39, 0.29) is 11.9 Å². The first-order valence-corrected chi connectivity index (χ1v) is 5.63. The molecular weight excluding hydrogens is 176 g/mol. The van der Waals surface area contributed by atoms with Crippen LogP contribution in [0.4, 0.5) is 0 Å². The van der Waals surface area contributed by atoms with Crippen molar-refractivity contribution < 1.29 is 4.79 Å². The van der Waals surface area contributed by atoms with Gasteiger partial charge in [0.1, 0.15) is 0 Å². The van der Waals surface area contributed by atoms with E-state index in [2.05, 4.69) is 12.2 Å². The van der Waals surface area contributed by atoms with Crippen LogP contribution in [0, 0.1) is 11.8 Å². The van der Waals surface area contributed by atoms with Gasteiger partial charge in [-0.2, -0.15) is 0 Å². The lowest BCUT2D eigenvalue weighted by molar-refractivity contribution is -0.122. The molecule has 1 aliphatic rings. The minimum absolute atomic E-state index is 0.0248. The second-order valence-electron chi connectivity index (χ2n) is 4.67. The van der Waals surface area contributed by atoms with Crippen LogP contribution in [0.2, 0.25) is 0 Å². The van der Waals surface area contributed by atoms with Crippen LogP contribution < -0.4 is 11.1 Å².